The van der Waals surface area contributed by atoms with Gasteiger partial charge in [0.1, 0.15) is 0 Å². The Labute approximate surface area is 200 Å². The number of carbonyl (C=O) groups is 2. The number of amides is 2. The van der Waals surface area contributed by atoms with Crippen LogP contribution in [0.1, 0.15) is 35.0 Å². The Kier molecular flexibility index (Phi) is 7.06. The molecular formula is C24H26F3N5O3. The lowest BCUT2D eigenvalue weighted by Crippen LogP contribution is -2.40. The highest BCUT2D eigenvalue weighted by molar-refractivity contribution is 6.07. The SMILES string of the molecule is CCNC(=O)CN1CCCN(C(=O)c2cc(-c3ccccc3C(F)(F)F)nc3onc(C)c23)CC1. The maximum atomic E-state index is 13.7. The van der Waals surface area contributed by atoms with Crippen LogP contribution in [0.15, 0.2) is 34.9 Å². The van der Waals surface area contributed by atoms with Crippen LogP contribution >= 0.6 is 0 Å². The average molecular weight is 489 g/mol. The standard InChI is InChI=1S/C24H26F3N5O3/c1-3-28-20(33)14-31-9-6-10-32(12-11-31)23(34)17-13-19(29-22-21(17)15(2)30-35-22)16-7-4-5-8-18(16)24(25,26)27/h4-5,7-8,13H,3,6,9-12,14H2,1-2H3,(H,28,33). The van der Waals surface area contributed by atoms with E-state index in [1.165, 1.54) is 24.3 Å². The number of fused-ring (bicyclic) bond motifs is 1. The summed E-state index contributed by atoms with van der Waals surface area (Å²) in [6, 6.07) is 6.48. The molecule has 0 atom stereocenters. The quantitative estimate of drug-likeness (QED) is 0.590. The number of benzene rings is 1. The van der Waals surface area contributed by atoms with Gasteiger partial charge in [0.05, 0.1) is 34.4 Å². The maximum Gasteiger partial charge on any atom is 0.417 e. The molecule has 0 radical (unpaired) electrons. The number of halogens is 3. The number of alkyl halides is 3. The second-order valence-electron chi connectivity index (χ2n) is 8.42. The molecule has 11 heteroatoms. The molecule has 0 aliphatic carbocycles. The lowest BCUT2D eigenvalue weighted by atomic mass is 10.00. The van der Waals surface area contributed by atoms with E-state index in [-0.39, 0.29) is 40.9 Å². The minimum absolute atomic E-state index is 0.00742. The van der Waals surface area contributed by atoms with Gasteiger partial charge in [0, 0.05) is 38.3 Å². The minimum atomic E-state index is -4.59. The maximum absolute atomic E-state index is 13.7. The number of aryl methyl sites for hydroxylation is 1. The zero-order valence-corrected chi connectivity index (χ0v) is 19.5. The molecule has 1 aliphatic heterocycles. The fourth-order valence-corrected chi connectivity index (χ4v) is 4.31. The van der Waals surface area contributed by atoms with E-state index < -0.39 is 11.7 Å². The molecule has 1 fully saturated rings. The van der Waals surface area contributed by atoms with Crippen LogP contribution in [0.5, 0.6) is 0 Å². The van der Waals surface area contributed by atoms with Gasteiger partial charge in [0.2, 0.25) is 5.91 Å². The molecule has 1 N–H and O–H groups in total. The molecule has 2 aromatic heterocycles. The summed E-state index contributed by atoms with van der Waals surface area (Å²) in [6.45, 7) is 6.29. The summed E-state index contributed by atoms with van der Waals surface area (Å²) in [5, 5.41) is 7.04. The Hall–Kier alpha value is -3.47. The van der Waals surface area contributed by atoms with E-state index >= 15 is 0 Å². The molecule has 1 aromatic carbocycles. The highest BCUT2D eigenvalue weighted by Gasteiger charge is 2.34. The molecule has 4 rings (SSSR count). The van der Waals surface area contributed by atoms with Crippen LogP contribution in [0.4, 0.5) is 13.2 Å². The molecule has 2 amide bonds. The number of nitrogens with zero attached hydrogens (tertiary/aromatic N) is 4. The Morgan fingerprint density at radius 1 is 1.14 bits per heavy atom. The first-order chi connectivity index (χ1) is 16.7. The van der Waals surface area contributed by atoms with Crippen molar-refractivity contribution in [2.24, 2.45) is 0 Å². The first-order valence-electron chi connectivity index (χ1n) is 11.4. The van der Waals surface area contributed by atoms with Crippen molar-refractivity contribution in [1.82, 2.24) is 25.3 Å². The number of carbonyl (C=O) groups excluding carboxylic acids is 2. The fraction of sp³-hybridized carbons (Fsp3) is 0.417. The normalized spacial score (nSPS) is 15.3. The van der Waals surface area contributed by atoms with Crippen molar-refractivity contribution >= 4 is 22.9 Å². The van der Waals surface area contributed by atoms with Crippen LogP contribution in [0, 0.1) is 6.92 Å². The van der Waals surface area contributed by atoms with Gasteiger partial charge in [-0.25, -0.2) is 4.98 Å². The lowest BCUT2D eigenvalue weighted by molar-refractivity contribution is -0.137. The van der Waals surface area contributed by atoms with Crippen molar-refractivity contribution in [3.8, 4) is 11.3 Å². The molecule has 1 aliphatic rings. The molecule has 1 saturated heterocycles. The topological polar surface area (TPSA) is 91.6 Å². The highest BCUT2D eigenvalue weighted by Crippen LogP contribution is 2.37. The van der Waals surface area contributed by atoms with Gasteiger partial charge in [0.15, 0.2) is 0 Å². The number of pyridine rings is 1. The third-order valence-electron chi connectivity index (χ3n) is 5.97. The lowest BCUT2D eigenvalue weighted by Gasteiger charge is -2.22. The fourth-order valence-electron chi connectivity index (χ4n) is 4.31. The molecular weight excluding hydrogens is 463 g/mol. The number of hydrogen-bond donors (Lipinski definition) is 1. The predicted octanol–water partition coefficient (Wildman–Crippen LogP) is 3.50. The van der Waals surface area contributed by atoms with Gasteiger partial charge in [-0.05, 0) is 32.4 Å². The van der Waals surface area contributed by atoms with E-state index in [2.05, 4.69) is 15.5 Å². The largest absolute Gasteiger partial charge is 0.417 e. The minimum Gasteiger partial charge on any atom is -0.355 e. The van der Waals surface area contributed by atoms with Crippen LogP contribution in [0.25, 0.3) is 22.4 Å². The molecule has 3 aromatic rings. The van der Waals surface area contributed by atoms with Crippen molar-refractivity contribution in [3.05, 3.63) is 47.2 Å². The van der Waals surface area contributed by atoms with Crippen molar-refractivity contribution in [2.75, 3.05) is 39.3 Å². The van der Waals surface area contributed by atoms with E-state index in [0.29, 0.717) is 50.2 Å². The summed E-state index contributed by atoms with van der Waals surface area (Å²) in [5.74, 6) is -0.412. The van der Waals surface area contributed by atoms with Crippen molar-refractivity contribution in [2.45, 2.75) is 26.4 Å². The number of aromatic nitrogens is 2. The average Bonchev–Trinajstić information content (AvgIpc) is 3.04. The van der Waals surface area contributed by atoms with Gasteiger partial charge in [0.25, 0.3) is 11.6 Å². The van der Waals surface area contributed by atoms with Crippen molar-refractivity contribution in [3.63, 3.8) is 0 Å². The van der Waals surface area contributed by atoms with Gasteiger partial charge < -0.3 is 14.7 Å². The summed E-state index contributed by atoms with van der Waals surface area (Å²) >= 11 is 0. The van der Waals surface area contributed by atoms with Crippen molar-refractivity contribution in [1.29, 1.82) is 0 Å². The van der Waals surface area contributed by atoms with Gasteiger partial charge in [-0.3, -0.25) is 14.5 Å². The van der Waals surface area contributed by atoms with Crippen LogP contribution < -0.4 is 5.32 Å². The monoisotopic (exact) mass is 489 g/mol. The second kappa shape index (κ2) is 10.0. The summed E-state index contributed by atoms with van der Waals surface area (Å²) in [4.78, 5) is 33.5. The van der Waals surface area contributed by atoms with Gasteiger partial charge in [-0.1, -0.05) is 23.4 Å². The second-order valence-corrected chi connectivity index (χ2v) is 8.42. The molecule has 0 saturated carbocycles. The Balaban J connectivity index is 1.68. The predicted molar refractivity (Wildman–Crippen MR) is 123 cm³/mol. The molecule has 0 unspecified atom stereocenters. The van der Waals surface area contributed by atoms with Crippen LogP contribution in [-0.2, 0) is 11.0 Å². The zero-order valence-electron chi connectivity index (χ0n) is 19.5. The molecule has 8 nitrogen and oxygen atoms in total. The zero-order chi connectivity index (χ0) is 25.2. The van der Waals surface area contributed by atoms with E-state index in [9.17, 15) is 22.8 Å². The summed E-state index contributed by atoms with van der Waals surface area (Å²) in [6.07, 6.45) is -3.93. The molecule has 35 heavy (non-hydrogen) atoms. The van der Waals surface area contributed by atoms with Gasteiger partial charge >= 0.3 is 6.18 Å². The van der Waals surface area contributed by atoms with E-state index in [4.69, 9.17) is 4.52 Å². The van der Waals surface area contributed by atoms with Crippen LogP contribution in [0.2, 0.25) is 0 Å². The Morgan fingerprint density at radius 3 is 2.66 bits per heavy atom. The Morgan fingerprint density at radius 2 is 1.91 bits per heavy atom. The van der Waals surface area contributed by atoms with E-state index in [0.717, 1.165) is 6.07 Å². The summed E-state index contributed by atoms with van der Waals surface area (Å²) in [7, 11) is 0. The highest BCUT2D eigenvalue weighted by atomic mass is 19.4. The molecule has 186 valence electrons. The third kappa shape index (κ3) is 5.29. The number of hydrogen-bond acceptors (Lipinski definition) is 6. The smallest absolute Gasteiger partial charge is 0.355 e. The number of nitrogens with one attached hydrogen (secondary N) is 1. The first kappa shape index (κ1) is 24.6. The van der Waals surface area contributed by atoms with Gasteiger partial charge in [-0.2, -0.15) is 13.2 Å². The van der Waals surface area contributed by atoms with E-state index in [1.54, 1.807) is 11.8 Å². The van der Waals surface area contributed by atoms with E-state index in [1.807, 2.05) is 11.8 Å². The number of likely N-dealkylation sites (N-methyl/N-ethyl adjacent to an activating group) is 1. The molecule has 0 spiro atoms. The summed E-state index contributed by atoms with van der Waals surface area (Å²) < 4.78 is 46.2. The number of rotatable bonds is 5. The van der Waals surface area contributed by atoms with Crippen molar-refractivity contribution < 1.29 is 27.3 Å². The summed E-state index contributed by atoms with van der Waals surface area (Å²) in [5.41, 5.74) is -0.381. The Bertz CT molecular complexity index is 1240. The van der Waals surface area contributed by atoms with Gasteiger partial charge in [-0.15, -0.1) is 0 Å². The van der Waals surface area contributed by atoms with Crippen LogP contribution in [-0.4, -0.2) is 71.0 Å². The molecule has 0 bridgehead atoms. The van der Waals surface area contributed by atoms with Crippen LogP contribution in [0.3, 0.4) is 0 Å². The molecule has 3 heterocycles. The first-order valence-corrected chi connectivity index (χ1v) is 11.4. The third-order valence-corrected chi connectivity index (χ3v) is 5.97.